The standard InChI is InChI=1S/C16H15NO4/c1-10-3-2-4-12(7-10)17-15(16(18)19)11-5-6-13-14(8-11)21-9-20-13/h2-8,15,17H,9H2,1H3,(H,18,19). The van der Waals surface area contributed by atoms with Crippen molar-refractivity contribution >= 4 is 11.7 Å². The second-order valence-electron chi connectivity index (χ2n) is 4.90. The van der Waals surface area contributed by atoms with Gasteiger partial charge in [0.1, 0.15) is 0 Å². The zero-order valence-electron chi connectivity index (χ0n) is 11.5. The van der Waals surface area contributed by atoms with Crippen LogP contribution in [0.25, 0.3) is 0 Å². The third-order valence-electron chi connectivity index (χ3n) is 3.31. The highest BCUT2D eigenvalue weighted by molar-refractivity contribution is 5.79. The van der Waals surface area contributed by atoms with Gasteiger partial charge in [-0.15, -0.1) is 0 Å². The minimum Gasteiger partial charge on any atom is -0.479 e. The van der Waals surface area contributed by atoms with Crippen molar-refractivity contribution in [3.63, 3.8) is 0 Å². The molecular weight excluding hydrogens is 270 g/mol. The molecule has 1 atom stereocenters. The molecule has 1 aliphatic heterocycles. The van der Waals surface area contributed by atoms with Gasteiger partial charge in [-0.1, -0.05) is 18.2 Å². The molecule has 3 rings (SSSR count). The van der Waals surface area contributed by atoms with Crippen molar-refractivity contribution in [2.45, 2.75) is 13.0 Å². The Morgan fingerprint density at radius 1 is 1.19 bits per heavy atom. The largest absolute Gasteiger partial charge is 0.479 e. The van der Waals surface area contributed by atoms with Gasteiger partial charge in [0.2, 0.25) is 6.79 Å². The third kappa shape index (κ3) is 2.76. The van der Waals surface area contributed by atoms with E-state index in [1.807, 2.05) is 31.2 Å². The van der Waals surface area contributed by atoms with E-state index in [4.69, 9.17) is 9.47 Å². The van der Waals surface area contributed by atoms with Gasteiger partial charge in [0.05, 0.1) is 0 Å². The first-order chi connectivity index (χ1) is 10.1. The quantitative estimate of drug-likeness (QED) is 0.904. The molecule has 1 unspecified atom stereocenters. The number of anilines is 1. The van der Waals surface area contributed by atoms with E-state index in [9.17, 15) is 9.90 Å². The summed E-state index contributed by atoms with van der Waals surface area (Å²) >= 11 is 0. The lowest BCUT2D eigenvalue weighted by Crippen LogP contribution is -2.20. The van der Waals surface area contributed by atoms with Crippen molar-refractivity contribution in [2.75, 3.05) is 12.1 Å². The van der Waals surface area contributed by atoms with E-state index in [2.05, 4.69) is 5.32 Å². The lowest BCUT2D eigenvalue weighted by molar-refractivity contribution is -0.138. The van der Waals surface area contributed by atoms with Gasteiger partial charge in [-0.25, -0.2) is 4.79 Å². The Morgan fingerprint density at radius 3 is 2.76 bits per heavy atom. The molecule has 0 aliphatic carbocycles. The zero-order valence-corrected chi connectivity index (χ0v) is 11.5. The highest BCUT2D eigenvalue weighted by atomic mass is 16.7. The number of carboxylic acid groups (broad SMARTS) is 1. The van der Waals surface area contributed by atoms with E-state index in [1.54, 1.807) is 18.2 Å². The van der Waals surface area contributed by atoms with Crippen LogP contribution in [0.3, 0.4) is 0 Å². The van der Waals surface area contributed by atoms with Gasteiger partial charge in [0.25, 0.3) is 0 Å². The van der Waals surface area contributed by atoms with Gasteiger partial charge in [-0.2, -0.15) is 0 Å². The van der Waals surface area contributed by atoms with Gasteiger partial charge in [-0.05, 0) is 42.3 Å². The molecule has 108 valence electrons. The summed E-state index contributed by atoms with van der Waals surface area (Å²) in [6, 6.07) is 11.9. The predicted octanol–water partition coefficient (Wildman–Crippen LogP) is 2.96. The molecule has 0 amide bonds. The average Bonchev–Trinajstić information content (AvgIpc) is 2.92. The SMILES string of the molecule is Cc1cccc(NC(C(=O)O)c2ccc3c(c2)OCO3)c1. The molecule has 0 saturated carbocycles. The Kier molecular flexibility index (Phi) is 3.39. The number of aliphatic carboxylic acids is 1. The van der Waals surface area contributed by atoms with E-state index in [0.29, 0.717) is 17.1 Å². The summed E-state index contributed by atoms with van der Waals surface area (Å²) in [5, 5.41) is 12.5. The Bertz CT molecular complexity index is 684. The number of ether oxygens (including phenoxy) is 2. The molecule has 0 radical (unpaired) electrons. The van der Waals surface area contributed by atoms with E-state index in [0.717, 1.165) is 11.3 Å². The summed E-state index contributed by atoms with van der Waals surface area (Å²) in [6.45, 7) is 2.13. The highest BCUT2D eigenvalue weighted by Gasteiger charge is 2.23. The molecule has 0 aromatic heterocycles. The molecule has 5 nitrogen and oxygen atoms in total. The minimum atomic E-state index is -0.949. The topological polar surface area (TPSA) is 67.8 Å². The first-order valence-corrected chi connectivity index (χ1v) is 6.59. The summed E-state index contributed by atoms with van der Waals surface area (Å²) in [4.78, 5) is 11.6. The maximum absolute atomic E-state index is 11.6. The number of carbonyl (C=O) groups is 1. The number of hydrogen-bond acceptors (Lipinski definition) is 4. The lowest BCUT2D eigenvalue weighted by Gasteiger charge is -2.17. The number of rotatable bonds is 4. The first kappa shape index (κ1) is 13.3. The molecule has 2 aromatic carbocycles. The summed E-state index contributed by atoms with van der Waals surface area (Å²) in [5.74, 6) is 0.263. The van der Waals surface area contributed by atoms with Crippen molar-refractivity contribution in [3.05, 3.63) is 53.6 Å². The van der Waals surface area contributed by atoms with Gasteiger partial charge in [0, 0.05) is 5.69 Å². The van der Waals surface area contributed by atoms with Crippen LogP contribution in [-0.4, -0.2) is 17.9 Å². The molecule has 1 aliphatic rings. The van der Waals surface area contributed by atoms with E-state index in [-0.39, 0.29) is 6.79 Å². The van der Waals surface area contributed by atoms with Gasteiger partial charge in [-0.3, -0.25) is 0 Å². The van der Waals surface area contributed by atoms with Gasteiger partial charge in [0.15, 0.2) is 17.5 Å². The number of nitrogens with one attached hydrogen (secondary N) is 1. The summed E-state index contributed by atoms with van der Waals surface area (Å²) < 4.78 is 10.5. The molecule has 0 spiro atoms. The monoisotopic (exact) mass is 285 g/mol. The number of fused-ring (bicyclic) bond motifs is 1. The van der Waals surface area contributed by atoms with Gasteiger partial charge < -0.3 is 19.9 Å². The van der Waals surface area contributed by atoms with Crippen molar-refractivity contribution in [1.82, 2.24) is 0 Å². The van der Waals surface area contributed by atoms with E-state index < -0.39 is 12.0 Å². The Labute approximate surface area is 122 Å². The van der Waals surface area contributed by atoms with Crippen LogP contribution in [0.4, 0.5) is 5.69 Å². The molecular formula is C16H15NO4. The van der Waals surface area contributed by atoms with Crippen LogP contribution >= 0.6 is 0 Å². The smallest absolute Gasteiger partial charge is 0.330 e. The lowest BCUT2D eigenvalue weighted by atomic mass is 10.1. The van der Waals surface area contributed by atoms with Crippen LogP contribution in [0.5, 0.6) is 11.5 Å². The Morgan fingerprint density at radius 2 is 2.00 bits per heavy atom. The third-order valence-corrected chi connectivity index (χ3v) is 3.31. The molecule has 1 heterocycles. The van der Waals surface area contributed by atoms with Crippen molar-refractivity contribution in [3.8, 4) is 11.5 Å². The zero-order chi connectivity index (χ0) is 14.8. The summed E-state index contributed by atoms with van der Waals surface area (Å²) in [7, 11) is 0. The second-order valence-corrected chi connectivity index (χ2v) is 4.90. The van der Waals surface area contributed by atoms with Crippen LogP contribution in [0.2, 0.25) is 0 Å². The minimum absolute atomic E-state index is 0.168. The fraction of sp³-hybridized carbons (Fsp3) is 0.188. The summed E-state index contributed by atoms with van der Waals surface area (Å²) in [6.07, 6.45) is 0. The maximum Gasteiger partial charge on any atom is 0.330 e. The van der Waals surface area contributed by atoms with Crippen molar-refractivity contribution in [2.24, 2.45) is 0 Å². The molecule has 2 aromatic rings. The van der Waals surface area contributed by atoms with Crippen LogP contribution in [0, 0.1) is 6.92 Å². The van der Waals surface area contributed by atoms with Crippen LogP contribution in [0.1, 0.15) is 17.2 Å². The highest BCUT2D eigenvalue weighted by Crippen LogP contribution is 2.35. The molecule has 5 heteroatoms. The number of aryl methyl sites for hydroxylation is 1. The maximum atomic E-state index is 11.6. The van der Waals surface area contributed by atoms with Crippen LogP contribution in [-0.2, 0) is 4.79 Å². The second kappa shape index (κ2) is 5.36. The first-order valence-electron chi connectivity index (χ1n) is 6.59. The molecule has 2 N–H and O–H groups in total. The summed E-state index contributed by atoms with van der Waals surface area (Å²) in [5.41, 5.74) is 2.45. The fourth-order valence-corrected chi connectivity index (χ4v) is 2.28. The molecule has 0 bridgehead atoms. The molecule has 21 heavy (non-hydrogen) atoms. The Balaban J connectivity index is 1.89. The van der Waals surface area contributed by atoms with E-state index in [1.165, 1.54) is 0 Å². The van der Waals surface area contributed by atoms with Crippen molar-refractivity contribution < 1.29 is 19.4 Å². The van der Waals surface area contributed by atoms with Crippen molar-refractivity contribution in [1.29, 1.82) is 0 Å². The normalized spacial score (nSPS) is 13.8. The number of benzene rings is 2. The van der Waals surface area contributed by atoms with E-state index >= 15 is 0 Å². The van der Waals surface area contributed by atoms with Crippen LogP contribution < -0.4 is 14.8 Å². The number of hydrogen-bond donors (Lipinski definition) is 2. The van der Waals surface area contributed by atoms with Gasteiger partial charge >= 0.3 is 5.97 Å². The van der Waals surface area contributed by atoms with Crippen LogP contribution in [0.15, 0.2) is 42.5 Å². The Hall–Kier alpha value is -2.69. The fourth-order valence-electron chi connectivity index (χ4n) is 2.28. The average molecular weight is 285 g/mol. The molecule has 0 saturated heterocycles. The molecule has 0 fully saturated rings. The predicted molar refractivity (Wildman–Crippen MR) is 77.7 cm³/mol. The number of carboxylic acids is 1.